The number of hydrogen-bond acceptors (Lipinski definition) is 1. The van der Waals surface area contributed by atoms with Crippen molar-refractivity contribution in [3.8, 4) is 6.07 Å². The van der Waals surface area contributed by atoms with Gasteiger partial charge in [-0.15, -0.1) is 0 Å². The van der Waals surface area contributed by atoms with Gasteiger partial charge >= 0.3 is 0 Å². The Bertz CT molecular complexity index is 355. The Balaban J connectivity index is 1.81. The van der Waals surface area contributed by atoms with Gasteiger partial charge in [-0.3, -0.25) is 0 Å². The first kappa shape index (κ1) is 17.8. The third-order valence-electron chi connectivity index (χ3n) is 6.61. The second kappa shape index (κ2) is 8.95. The van der Waals surface area contributed by atoms with Gasteiger partial charge < -0.3 is 0 Å². The lowest BCUT2D eigenvalue weighted by Gasteiger charge is -2.48. The molecule has 1 nitrogen and oxygen atoms in total. The van der Waals surface area contributed by atoms with E-state index in [1.54, 1.807) is 0 Å². The van der Waals surface area contributed by atoms with Crippen LogP contribution in [0, 0.1) is 34.5 Å². The van der Waals surface area contributed by atoms with Crippen LogP contribution in [0.5, 0.6) is 0 Å². The maximum atomic E-state index is 9.90. The zero-order valence-corrected chi connectivity index (χ0v) is 15.1. The molecule has 0 heterocycles. The van der Waals surface area contributed by atoms with Crippen molar-refractivity contribution in [3.63, 3.8) is 0 Å². The highest BCUT2D eigenvalue weighted by molar-refractivity contribution is 5.08. The Morgan fingerprint density at radius 2 is 1.73 bits per heavy atom. The topological polar surface area (TPSA) is 23.8 Å². The summed E-state index contributed by atoms with van der Waals surface area (Å²) >= 11 is 0. The summed E-state index contributed by atoms with van der Waals surface area (Å²) in [5.41, 5.74) is 0.0660. The molecule has 2 aliphatic carbocycles. The first-order valence-corrected chi connectivity index (χ1v) is 10.1. The van der Waals surface area contributed by atoms with E-state index in [1.165, 1.54) is 89.9 Å². The molecule has 0 aliphatic heterocycles. The number of hydrogen-bond donors (Lipinski definition) is 0. The molecule has 0 aromatic carbocycles. The molecule has 2 rings (SSSR count). The predicted octanol–water partition coefficient (Wildman–Crippen LogP) is 6.87. The maximum absolute atomic E-state index is 9.90. The standard InChI is InChI=1S/C21H37N/c1-3-5-6-7-8-10-19-11-12-20-15-18(9-4-2)13-14-21(20,16-19)17-22/h18-20H,3-16H2,1-2H3. The average molecular weight is 304 g/mol. The predicted molar refractivity (Wildman–Crippen MR) is 94.5 cm³/mol. The number of unbranched alkanes of at least 4 members (excludes halogenated alkanes) is 4. The van der Waals surface area contributed by atoms with Crippen molar-refractivity contribution in [3.05, 3.63) is 0 Å². The minimum absolute atomic E-state index is 0.0660. The quantitative estimate of drug-likeness (QED) is 0.449. The van der Waals surface area contributed by atoms with Crippen LogP contribution in [0.2, 0.25) is 0 Å². The molecule has 0 bridgehead atoms. The third-order valence-corrected chi connectivity index (χ3v) is 6.61. The average Bonchev–Trinajstić information content (AvgIpc) is 2.55. The molecule has 0 aromatic rings. The van der Waals surface area contributed by atoms with E-state index in [-0.39, 0.29) is 5.41 Å². The van der Waals surface area contributed by atoms with Gasteiger partial charge in [-0.25, -0.2) is 0 Å². The highest BCUT2D eigenvalue weighted by Crippen LogP contribution is 2.54. The monoisotopic (exact) mass is 303 g/mol. The van der Waals surface area contributed by atoms with E-state index in [9.17, 15) is 5.26 Å². The van der Waals surface area contributed by atoms with Crippen LogP contribution >= 0.6 is 0 Å². The SMILES string of the molecule is CCCCCCCC1CCC2CC(CCC)CCC2(C#N)C1. The van der Waals surface area contributed by atoms with Crippen LogP contribution in [0.25, 0.3) is 0 Å². The lowest BCUT2D eigenvalue weighted by molar-refractivity contribution is 0.0370. The molecule has 2 aliphatic rings. The summed E-state index contributed by atoms with van der Waals surface area (Å²) in [7, 11) is 0. The lowest BCUT2D eigenvalue weighted by atomic mass is 9.55. The summed E-state index contributed by atoms with van der Waals surface area (Å²) < 4.78 is 0. The van der Waals surface area contributed by atoms with Gasteiger partial charge in [0.2, 0.25) is 0 Å². The van der Waals surface area contributed by atoms with E-state index in [0.29, 0.717) is 0 Å². The van der Waals surface area contributed by atoms with Gasteiger partial charge in [0.1, 0.15) is 0 Å². The van der Waals surface area contributed by atoms with Crippen LogP contribution in [0.15, 0.2) is 0 Å². The third kappa shape index (κ3) is 4.50. The van der Waals surface area contributed by atoms with Gasteiger partial charge in [0.15, 0.2) is 0 Å². The van der Waals surface area contributed by atoms with E-state index >= 15 is 0 Å². The Morgan fingerprint density at radius 1 is 0.909 bits per heavy atom. The molecule has 22 heavy (non-hydrogen) atoms. The molecule has 0 radical (unpaired) electrons. The number of rotatable bonds is 8. The summed E-state index contributed by atoms with van der Waals surface area (Å²) in [6.07, 6.45) is 18.9. The Kier molecular flexibility index (Phi) is 7.26. The van der Waals surface area contributed by atoms with Crippen LogP contribution in [0.3, 0.4) is 0 Å². The summed E-state index contributed by atoms with van der Waals surface area (Å²) in [6, 6.07) is 2.82. The summed E-state index contributed by atoms with van der Waals surface area (Å²) in [6.45, 7) is 4.59. The van der Waals surface area contributed by atoms with Gasteiger partial charge in [-0.1, -0.05) is 71.6 Å². The normalized spacial score (nSPS) is 34.9. The Hall–Kier alpha value is -0.510. The van der Waals surface area contributed by atoms with Gasteiger partial charge in [0.05, 0.1) is 11.5 Å². The Labute approximate surface area is 138 Å². The van der Waals surface area contributed by atoms with E-state index in [2.05, 4.69) is 19.9 Å². The van der Waals surface area contributed by atoms with Crippen molar-refractivity contribution in [1.82, 2.24) is 0 Å². The summed E-state index contributed by atoms with van der Waals surface area (Å²) in [5, 5.41) is 9.90. The van der Waals surface area contributed by atoms with E-state index in [1.807, 2.05) is 0 Å². The molecular formula is C21H37N. The van der Waals surface area contributed by atoms with Gasteiger partial charge in [0.25, 0.3) is 0 Å². The fourth-order valence-corrected chi connectivity index (χ4v) is 5.27. The smallest absolute Gasteiger partial charge is 0.0692 e. The van der Waals surface area contributed by atoms with Gasteiger partial charge in [-0.2, -0.15) is 5.26 Å². The minimum atomic E-state index is 0.0660. The maximum Gasteiger partial charge on any atom is 0.0692 e. The second-order valence-corrected chi connectivity index (χ2v) is 8.24. The van der Waals surface area contributed by atoms with Gasteiger partial charge in [0, 0.05) is 0 Å². The fraction of sp³-hybridized carbons (Fsp3) is 0.952. The molecule has 1 heteroatoms. The molecule has 0 aromatic heterocycles. The lowest BCUT2D eigenvalue weighted by Crippen LogP contribution is -2.40. The number of nitriles is 1. The summed E-state index contributed by atoms with van der Waals surface area (Å²) in [4.78, 5) is 0. The van der Waals surface area contributed by atoms with Crippen LogP contribution in [0.1, 0.15) is 104 Å². The van der Waals surface area contributed by atoms with Crippen molar-refractivity contribution in [1.29, 1.82) is 5.26 Å². The Morgan fingerprint density at radius 3 is 2.45 bits per heavy atom. The van der Waals surface area contributed by atoms with Crippen molar-refractivity contribution in [2.24, 2.45) is 23.2 Å². The van der Waals surface area contributed by atoms with Crippen molar-refractivity contribution >= 4 is 0 Å². The molecule has 0 amide bonds. The number of nitrogens with zero attached hydrogens (tertiary/aromatic N) is 1. The zero-order valence-electron chi connectivity index (χ0n) is 15.1. The van der Waals surface area contributed by atoms with Crippen LogP contribution in [-0.4, -0.2) is 0 Å². The molecule has 4 atom stereocenters. The van der Waals surface area contributed by atoms with Crippen molar-refractivity contribution in [2.45, 2.75) is 104 Å². The van der Waals surface area contributed by atoms with E-state index in [4.69, 9.17) is 0 Å². The van der Waals surface area contributed by atoms with Crippen LogP contribution in [0.4, 0.5) is 0 Å². The highest BCUT2D eigenvalue weighted by atomic mass is 14.5. The molecule has 0 spiro atoms. The van der Waals surface area contributed by atoms with E-state index < -0.39 is 0 Å². The molecular weight excluding hydrogens is 266 g/mol. The first-order valence-electron chi connectivity index (χ1n) is 10.1. The van der Waals surface area contributed by atoms with Crippen LogP contribution in [-0.2, 0) is 0 Å². The molecule has 4 unspecified atom stereocenters. The minimum Gasteiger partial charge on any atom is -0.198 e. The van der Waals surface area contributed by atoms with Gasteiger partial charge in [-0.05, 0) is 49.9 Å². The fourth-order valence-electron chi connectivity index (χ4n) is 5.27. The molecule has 0 saturated heterocycles. The van der Waals surface area contributed by atoms with Crippen molar-refractivity contribution < 1.29 is 0 Å². The number of fused-ring (bicyclic) bond motifs is 1. The highest BCUT2D eigenvalue weighted by Gasteiger charge is 2.47. The first-order chi connectivity index (χ1) is 10.7. The second-order valence-electron chi connectivity index (χ2n) is 8.24. The molecule has 126 valence electrons. The summed E-state index contributed by atoms with van der Waals surface area (Å²) in [5.74, 6) is 2.49. The molecule has 2 fully saturated rings. The van der Waals surface area contributed by atoms with Crippen LogP contribution < -0.4 is 0 Å². The largest absolute Gasteiger partial charge is 0.198 e. The zero-order chi connectivity index (χ0) is 15.8. The molecule has 2 saturated carbocycles. The molecule has 0 N–H and O–H groups in total. The van der Waals surface area contributed by atoms with Crippen molar-refractivity contribution in [2.75, 3.05) is 0 Å². The van der Waals surface area contributed by atoms with E-state index in [0.717, 1.165) is 17.8 Å².